The van der Waals surface area contributed by atoms with Crippen LogP contribution in [0.25, 0.3) is 21.7 Å². The normalized spacial score (nSPS) is 11.1. The highest BCUT2D eigenvalue weighted by molar-refractivity contribution is 8.00. The number of hydrogen-bond donors (Lipinski definition) is 1. The van der Waals surface area contributed by atoms with E-state index in [1.165, 1.54) is 30.0 Å². The van der Waals surface area contributed by atoms with Gasteiger partial charge in [0.25, 0.3) is 5.56 Å². The first-order chi connectivity index (χ1) is 15.3. The molecular formula is C20H15F2N5O3S2. The molecule has 0 atom stereocenters. The molecule has 3 aromatic heterocycles. The van der Waals surface area contributed by atoms with Crippen molar-refractivity contribution in [1.82, 2.24) is 19.1 Å². The Morgan fingerprint density at radius 2 is 1.94 bits per heavy atom. The Morgan fingerprint density at radius 3 is 2.62 bits per heavy atom. The molecule has 0 aliphatic heterocycles. The monoisotopic (exact) mass is 475 g/mol. The molecule has 3 heterocycles. The summed E-state index contributed by atoms with van der Waals surface area (Å²) in [6, 6.07) is 6.42. The van der Waals surface area contributed by atoms with Crippen molar-refractivity contribution in [3.63, 3.8) is 0 Å². The second-order valence-electron chi connectivity index (χ2n) is 6.70. The highest BCUT2D eigenvalue weighted by Gasteiger charge is 2.19. The molecule has 0 spiro atoms. The summed E-state index contributed by atoms with van der Waals surface area (Å²) in [7, 11) is 2.84. The Labute approximate surface area is 187 Å². The number of carbonyl (C=O) groups is 1. The van der Waals surface area contributed by atoms with E-state index in [-0.39, 0.29) is 27.5 Å². The molecule has 0 saturated heterocycles. The molecule has 0 radical (unpaired) electrons. The number of nitrogens with one attached hydrogen (secondary N) is 1. The maximum atomic E-state index is 13.8. The number of halogens is 2. The summed E-state index contributed by atoms with van der Waals surface area (Å²) in [5.41, 5.74) is -1.15. The van der Waals surface area contributed by atoms with Crippen LogP contribution < -0.4 is 16.6 Å². The van der Waals surface area contributed by atoms with Crippen LogP contribution >= 0.6 is 23.1 Å². The molecule has 0 fully saturated rings. The third-order valence-corrected chi connectivity index (χ3v) is 6.39. The van der Waals surface area contributed by atoms with Gasteiger partial charge in [-0.05, 0) is 23.6 Å². The van der Waals surface area contributed by atoms with Gasteiger partial charge in [-0.2, -0.15) is 0 Å². The summed E-state index contributed by atoms with van der Waals surface area (Å²) < 4.78 is 29.1. The zero-order valence-corrected chi connectivity index (χ0v) is 18.4. The van der Waals surface area contributed by atoms with E-state index in [4.69, 9.17) is 0 Å². The fourth-order valence-corrected chi connectivity index (χ4v) is 4.43. The number of anilines is 1. The van der Waals surface area contributed by atoms with Crippen LogP contribution in [0.3, 0.4) is 0 Å². The standard InChI is InChI=1S/C20H15F2N5O3S2/c1-26-17-15(19(29)27(2)20(26)30)18(25-16(24-17)13-4-3-7-31-13)32-9-14(28)23-12-6-5-10(21)8-11(12)22/h3-8H,9H2,1-2H3,(H,23,28). The highest BCUT2D eigenvalue weighted by atomic mass is 32.2. The fourth-order valence-electron chi connectivity index (χ4n) is 2.96. The number of fused-ring (bicyclic) bond motifs is 1. The third kappa shape index (κ3) is 4.06. The van der Waals surface area contributed by atoms with Gasteiger partial charge in [0.2, 0.25) is 5.91 Å². The molecule has 1 N–H and O–H groups in total. The number of rotatable bonds is 5. The van der Waals surface area contributed by atoms with Crippen molar-refractivity contribution in [3.8, 4) is 10.7 Å². The first-order valence-electron chi connectivity index (χ1n) is 9.15. The number of thiophene rings is 1. The van der Waals surface area contributed by atoms with E-state index in [1.54, 1.807) is 6.07 Å². The highest BCUT2D eigenvalue weighted by Crippen LogP contribution is 2.28. The zero-order chi connectivity index (χ0) is 23.0. The van der Waals surface area contributed by atoms with E-state index in [1.807, 2.05) is 11.4 Å². The molecule has 0 aliphatic carbocycles. The van der Waals surface area contributed by atoms with Gasteiger partial charge < -0.3 is 5.32 Å². The number of hydrogen-bond acceptors (Lipinski definition) is 7. The average molecular weight is 476 g/mol. The molecule has 0 saturated carbocycles. The second-order valence-corrected chi connectivity index (χ2v) is 8.61. The molecular weight excluding hydrogens is 460 g/mol. The fraction of sp³-hybridized carbons (Fsp3) is 0.150. The first-order valence-corrected chi connectivity index (χ1v) is 11.0. The number of benzene rings is 1. The largest absolute Gasteiger partial charge is 0.332 e. The Balaban J connectivity index is 1.73. The topological polar surface area (TPSA) is 98.9 Å². The predicted molar refractivity (Wildman–Crippen MR) is 119 cm³/mol. The molecule has 1 aromatic carbocycles. The SMILES string of the molecule is Cn1c(=O)c2c(SCC(=O)Nc3ccc(F)cc3F)nc(-c3cccs3)nc2n(C)c1=O. The molecule has 164 valence electrons. The minimum atomic E-state index is -0.903. The van der Waals surface area contributed by atoms with Crippen molar-refractivity contribution in [2.45, 2.75) is 5.03 Å². The molecule has 1 amide bonds. The van der Waals surface area contributed by atoms with E-state index in [9.17, 15) is 23.2 Å². The van der Waals surface area contributed by atoms with Crippen LogP contribution in [0.5, 0.6) is 0 Å². The second kappa shape index (κ2) is 8.63. The Morgan fingerprint density at radius 1 is 1.16 bits per heavy atom. The molecule has 0 unspecified atom stereocenters. The Hall–Kier alpha value is -3.38. The zero-order valence-electron chi connectivity index (χ0n) is 16.8. The van der Waals surface area contributed by atoms with Crippen molar-refractivity contribution in [3.05, 3.63) is 68.2 Å². The van der Waals surface area contributed by atoms with Crippen LogP contribution in [0.4, 0.5) is 14.5 Å². The van der Waals surface area contributed by atoms with Crippen LogP contribution in [0, 0.1) is 11.6 Å². The summed E-state index contributed by atoms with van der Waals surface area (Å²) >= 11 is 2.33. The maximum absolute atomic E-state index is 13.8. The number of carbonyl (C=O) groups excluding carboxylic acids is 1. The predicted octanol–water partition coefficient (Wildman–Crippen LogP) is 2.76. The molecule has 4 rings (SSSR count). The van der Waals surface area contributed by atoms with Crippen LogP contribution in [-0.2, 0) is 18.9 Å². The van der Waals surface area contributed by atoms with Gasteiger partial charge in [-0.1, -0.05) is 17.8 Å². The van der Waals surface area contributed by atoms with E-state index >= 15 is 0 Å². The number of aryl methyl sites for hydroxylation is 1. The number of thioether (sulfide) groups is 1. The minimum Gasteiger partial charge on any atom is -0.323 e. The molecule has 0 aliphatic rings. The summed E-state index contributed by atoms with van der Waals surface area (Å²) in [6.45, 7) is 0. The number of aromatic nitrogens is 4. The molecule has 32 heavy (non-hydrogen) atoms. The van der Waals surface area contributed by atoms with Crippen molar-refractivity contribution >= 4 is 45.7 Å². The van der Waals surface area contributed by atoms with Gasteiger partial charge in [-0.3, -0.25) is 18.7 Å². The average Bonchev–Trinajstić information content (AvgIpc) is 3.31. The van der Waals surface area contributed by atoms with Crippen molar-refractivity contribution in [2.24, 2.45) is 14.1 Å². The Kier molecular flexibility index (Phi) is 5.89. The summed E-state index contributed by atoms with van der Waals surface area (Å²) in [6.07, 6.45) is 0. The van der Waals surface area contributed by atoms with Crippen LogP contribution in [0.15, 0.2) is 50.3 Å². The van der Waals surface area contributed by atoms with Gasteiger partial charge in [-0.15, -0.1) is 11.3 Å². The van der Waals surface area contributed by atoms with E-state index < -0.39 is 28.8 Å². The Bertz CT molecular complexity index is 1470. The summed E-state index contributed by atoms with van der Waals surface area (Å²) in [5.74, 6) is -2.14. The minimum absolute atomic E-state index is 0.0978. The first kappa shape index (κ1) is 21.8. The van der Waals surface area contributed by atoms with Crippen LogP contribution in [0.1, 0.15) is 0 Å². The quantitative estimate of drug-likeness (QED) is 0.352. The van der Waals surface area contributed by atoms with Crippen molar-refractivity contribution < 1.29 is 13.6 Å². The van der Waals surface area contributed by atoms with Crippen molar-refractivity contribution in [2.75, 3.05) is 11.1 Å². The van der Waals surface area contributed by atoms with Gasteiger partial charge in [0.1, 0.15) is 22.0 Å². The van der Waals surface area contributed by atoms with Crippen molar-refractivity contribution in [1.29, 1.82) is 0 Å². The lowest BCUT2D eigenvalue weighted by Gasteiger charge is -2.11. The van der Waals surface area contributed by atoms with Gasteiger partial charge >= 0.3 is 5.69 Å². The lowest BCUT2D eigenvalue weighted by molar-refractivity contribution is -0.113. The summed E-state index contributed by atoms with van der Waals surface area (Å²) in [4.78, 5) is 47.1. The molecule has 12 heteroatoms. The van der Waals surface area contributed by atoms with Gasteiger partial charge in [0, 0.05) is 20.2 Å². The number of amides is 1. The van der Waals surface area contributed by atoms with Gasteiger partial charge in [-0.25, -0.2) is 23.5 Å². The van der Waals surface area contributed by atoms with Crippen LogP contribution in [0.2, 0.25) is 0 Å². The van der Waals surface area contributed by atoms with Crippen LogP contribution in [-0.4, -0.2) is 30.8 Å². The van der Waals surface area contributed by atoms with E-state index in [0.29, 0.717) is 11.9 Å². The van der Waals surface area contributed by atoms with E-state index in [0.717, 1.165) is 33.3 Å². The lowest BCUT2D eigenvalue weighted by atomic mass is 10.3. The molecule has 4 aromatic rings. The smallest absolute Gasteiger partial charge is 0.323 e. The lowest BCUT2D eigenvalue weighted by Crippen LogP contribution is -2.37. The third-order valence-electron chi connectivity index (χ3n) is 4.55. The van der Waals surface area contributed by atoms with E-state index in [2.05, 4.69) is 15.3 Å². The maximum Gasteiger partial charge on any atom is 0.332 e. The van der Waals surface area contributed by atoms with Gasteiger partial charge in [0.15, 0.2) is 11.5 Å². The van der Waals surface area contributed by atoms with Gasteiger partial charge in [0.05, 0.1) is 16.3 Å². The number of nitrogens with zero attached hydrogens (tertiary/aromatic N) is 4. The summed E-state index contributed by atoms with van der Waals surface area (Å²) in [5, 5.41) is 4.51. The molecule has 0 bridgehead atoms. The molecule has 8 nitrogen and oxygen atoms in total.